The molecule has 3 heterocycles. The number of aromatic hydroxyl groups is 1. The smallest absolute Gasteiger partial charge is 0.255 e. The van der Waals surface area contributed by atoms with E-state index in [-0.39, 0.29) is 17.7 Å². The monoisotopic (exact) mass is 390 g/mol. The molecule has 1 fully saturated rings. The molecule has 29 heavy (non-hydrogen) atoms. The van der Waals surface area contributed by atoms with E-state index in [1.165, 1.54) is 0 Å². The van der Waals surface area contributed by atoms with E-state index in [1.54, 1.807) is 42.7 Å². The van der Waals surface area contributed by atoms with E-state index in [1.807, 2.05) is 24.0 Å². The number of nitrogens with zero attached hydrogens (tertiary/aromatic N) is 5. The summed E-state index contributed by atoms with van der Waals surface area (Å²) >= 11 is 0. The van der Waals surface area contributed by atoms with Crippen LogP contribution in [0.3, 0.4) is 0 Å². The Kier molecular flexibility index (Phi) is 4.99. The Morgan fingerprint density at radius 3 is 2.72 bits per heavy atom. The third-order valence-corrected chi connectivity index (χ3v) is 5.12. The molecule has 1 aromatic carbocycles. The molecule has 0 spiro atoms. The molecule has 148 valence electrons. The molecule has 0 saturated carbocycles. The summed E-state index contributed by atoms with van der Waals surface area (Å²) in [7, 11) is 0. The van der Waals surface area contributed by atoms with Crippen molar-refractivity contribution >= 4 is 17.4 Å². The van der Waals surface area contributed by atoms with Gasteiger partial charge in [-0.15, -0.1) is 10.2 Å². The highest BCUT2D eigenvalue weighted by atomic mass is 16.3. The highest BCUT2D eigenvalue weighted by Crippen LogP contribution is 2.32. The molecular formula is C21H22N6O2. The maximum atomic E-state index is 12.8. The highest BCUT2D eigenvalue weighted by molar-refractivity contribution is 5.94. The Balaban J connectivity index is 1.56. The summed E-state index contributed by atoms with van der Waals surface area (Å²) in [4.78, 5) is 20.8. The molecule has 0 aliphatic carbocycles. The van der Waals surface area contributed by atoms with Crippen LogP contribution >= 0.6 is 0 Å². The lowest BCUT2D eigenvalue weighted by Gasteiger charge is -2.41. The van der Waals surface area contributed by atoms with Crippen LogP contribution in [0.1, 0.15) is 17.3 Å². The number of amides is 1. The number of carbonyl (C=O) groups excluding carboxylic acids is 1. The molecule has 2 aromatic heterocycles. The maximum absolute atomic E-state index is 12.8. The minimum Gasteiger partial charge on any atom is -0.507 e. The molecule has 0 bridgehead atoms. The van der Waals surface area contributed by atoms with Crippen LogP contribution in [0, 0.1) is 0 Å². The SMILES string of the molecule is C[C@@H]1CN(c2cc(-c3ccccc3O)nnc2N)CCN1C(=O)c1cccnc1. The Morgan fingerprint density at radius 1 is 1.17 bits per heavy atom. The first-order valence-corrected chi connectivity index (χ1v) is 9.42. The molecule has 1 aliphatic heterocycles. The number of pyridine rings is 1. The average Bonchev–Trinajstić information content (AvgIpc) is 2.75. The fourth-order valence-corrected chi connectivity index (χ4v) is 3.60. The van der Waals surface area contributed by atoms with Crippen LogP contribution in [0.15, 0.2) is 54.9 Å². The summed E-state index contributed by atoms with van der Waals surface area (Å²) in [6, 6.07) is 12.3. The topological polar surface area (TPSA) is 108 Å². The molecular weight excluding hydrogens is 368 g/mol. The average molecular weight is 390 g/mol. The standard InChI is InChI=1S/C21H22N6O2/c1-14-13-26(9-10-27(14)21(29)15-5-4-8-23-12-15)18-11-17(24-25-20(18)22)16-6-2-3-7-19(16)28/h2-8,11-12,14,28H,9-10,13H2,1H3,(H2,22,25)/t14-/m1/s1. The van der Waals surface area contributed by atoms with Gasteiger partial charge in [-0.3, -0.25) is 9.78 Å². The minimum absolute atomic E-state index is 0.0161. The van der Waals surface area contributed by atoms with Crippen LogP contribution in [-0.2, 0) is 0 Å². The molecule has 8 heteroatoms. The summed E-state index contributed by atoms with van der Waals surface area (Å²) < 4.78 is 0. The van der Waals surface area contributed by atoms with Gasteiger partial charge < -0.3 is 20.6 Å². The van der Waals surface area contributed by atoms with Crippen molar-refractivity contribution in [2.75, 3.05) is 30.3 Å². The predicted molar refractivity (Wildman–Crippen MR) is 110 cm³/mol. The van der Waals surface area contributed by atoms with Gasteiger partial charge in [-0.2, -0.15) is 0 Å². The Hall–Kier alpha value is -3.68. The van der Waals surface area contributed by atoms with E-state index >= 15 is 0 Å². The van der Waals surface area contributed by atoms with Crippen LogP contribution in [0.5, 0.6) is 5.75 Å². The number of anilines is 2. The molecule has 1 aliphatic rings. The first kappa shape index (κ1) is 18.7. The number of nitrogen functional groups attached to an aromatic ring is 1. The molecule has 3 aromatic rings. The zero-order chi connectivity index (χ0) is 20.4. The van der Waals surface area contributed by atoms with Gasteiger partial charge in [-0.05, 0) is 37.3 Å². The minimum atomic E-state index is -0.0269. The zero-order valence-corrected chi connectivity index (χ0v) is 16.1. The van der Waals surface area contributed by atoms with Gasteiger partial charge in [0.1, 0.15) is 5.75 Å². The largest absolute Gasteiger partial charge is 0.507 e. The van der Waals surface area contributed by atoms with E-state index in [0.717, 1.165) is 5.69 Å². The van der Waals surface area contributed by atoms with Crippen molar-refractivity contribution in [2.24, 2.45) is 0 Å². The molecule has 8 nitrogen and oxygen atoms in total. The van der Waals surface area contributed by atoms with Gasteiger partial charge in [0.15, 0.2) is 5.82 Å². The second-order valence-corrected chi connectivity index (χ2v) is 7.05. The van der Waals surface area contributed by atoms with Crippen molar-refractivity contribution in [3.05, 3.63) is 60.4 Å². The van der Waals surface area contributed by atoms with Crippen LogP contribution in [0.2, 0.25) is 0 Å². The lowest BCUT2D eigenvalue weighted by molar-refractivity contribution is 0.0674. The van der Waals surface area contributed by atoms with Crippen molar-refractivity contribution in [1.29, 1.82) is 0 Å². The van der Waals surface area contributed by atoms with Crippen LogP contribution in [0.25, 0.3) is 11.3 Å². The summed E-state index contributed by atoms with van der Waals surface area (Å²) in [5.74, 6) is 0.433. The number of nitrogens with two attached hydrogens (primary N) is 1. The van der Waals surface area contributed by atoms with E-state index in [9.17, 15) is 9.90 Å². The van der Waals surface area contributed by atoms with Crippen LogP contribution in [-0.4, -0.2) is 56.8 Å². The maximum Gasteiger partial charge on any atom is 0.255 e. The summed E-state index contributed by atoms with van der Waals surface area (Å²) in [6.45, 7) is 3.80. The molecule has 1 amide bonds. The number of piperazine rings is 1. The Bertz CT molecular complexity index is 1030. The predicted octanol–water partition coefficient (Wildman–Crippen LogP) is 2.18. The van der Waals surface area contributed by atoms with E-state index in [2.05, 4.69) is 20.1 Å². The molecule has 0 unspecified atom stereocenters. The highest BCUT2D eigenvalue weighted by Gasteiger charge is 2.29. The van der Waals surface area contributed by atoms with Gasteiger partial charge >= 0.3 is 0 Å². The molecule has 1 saturated heterocycles. The van der Waals surface area contributed by atoms with Crippen LogP contribution < -0.4 is 10.6 Å². The van der Waals surface area contributed by atoms with Crippen molar-refractivity contribution in [3.63, 3.8) is 0 Å². The molecule has 0 radical (unpaired) electrons. The van der Waals surface area contributed by atoms with E-state index in [0.29, 0.717) is 42.3 Å². The number of aromatic nitrogens is 3. The van der Waals surface area contributed by atoms with Crippen molar-refractivity contribution < 1.29 is 9.90 Å². The van der Waals surface area contributed by atoms with Crippen molar-refractivity contribution in [3.8, 4) is 17.0 Å². The van der Waals surface area contributed by atoms with Crippen molar-refractivity contribution in [1.82, 2.24) is 20.1 Å². The van der Waals surface area contributed by atoms with Gasteiger partial charge in [0.05, 0.1) is 16.9 Å². The number of para-hydroxylation sites is 1. The second-order valence-electron chi connectivity index (χ2n) is 7.05. The Morgan fingerprint density at radius 2 is 2.00 bits per heavy atom. The quantitative estimate of drug-likeness (QED) is 0.705. The van der Waals surface area contributed by atoms with Crippen molar-refractivity contribution in [2.45, 2.75) is 13.0 Å². The summed E-state index contributed by atoms with van der Waals surface area (Å²) in [5.41, 5.74) is 8.58. The van der Waals surface area contributed by atoms with Gasteiger partial charge in [-0.25, -0.2) is 0 Å². The van der Waals surface area contributed by atoms with Gasteiger partial charge in [0.2, 0.25) is 0 Å². The first-order chi connectivity index (χ1) is 14.0. The zero-order valence-electron chi connectivity index (χ0n) is 16.1. The number of hydrogen-bond acceptors (Lipinski definition) is 7. The number of rotatable bonds is 3. The third-order valence-electron chi connectivity index (χ3n) is 5.12. The van der Waals surface area contributed by atoms with E-state index in [4.69, 9.17) is 5.73 Å². The number of phenols is 1. The first-order valence-electron chi connectivity index (χ1n) is 9.42. The summed E-state index contributed by atoms with van der Waals surface area (Å²) in [6.07, 6.45) is 3.24. The lowest BCUT2D eigenvalue weighted by Crippen LogP contribution is -2.54. The van der Waals surface area contributed by atoms with Gasteiger partial charge in [-0.1, -0.05) is 12.1 Å². The molecule has 1 atom stereocenters. The normalized spacial score (nSPS) is 16.7. The number of benzene rings is 1. The third kappa shape index (κ3) is 3.69. The van der Waals surface area contributed by atoms with Gasteiger partial charge in [0, 0.05) is 43.6 Å². The van der Waals surface area contributed by atoms with Crippen LogP contribution in [0.4, 0.5) is 11.5 Å². The van der Waals surface area contributed by atoms with E-state index < -0.39 is 0 Å². The summed E-state index contributed by atoms with van der Waals surface area (Å²) in [5, 5.41) is 18.3. The molecule has 3 N–H and O–H groups in total. The second kappa shape index (κ2) is 7.75. The number of carbonyl (C=O) groups is 1. The Labute approximate surface area is 168 Å². The van der Waals surface area contributed by atoms with Gasteiger partial charge in [0.25, 0.3) is 5.91 Å². The lowest BCUT2D eigenvalue weighted by atomic mass is 10.1. The number of hydrogen-bond donors (Lipinski definition) is 2. The fraction of sp³-hybridized carbons (Fsp3) is 0.238. The number of phenolic OH excluding ortho intramolecular Hbond substituents is 1. The fourth-order valence-electron chi connectivity index (χ4n) is 3.60. The molecule has 4 rings (SSSR count).